The van der Waals surface area contributed by atoms with Crippen molar-refractivity contribution in [2.24, 2.45) is 0 Å². The Morgan fingerprint density at radius 2 is 2.05 bits per heavy atom. The second kappa shape index (κ2) is 5.54. The lowest BCUT2D eigenvalue weighted by molar-refractivity contribution is 1.05. The molecule has 0 radical (unpaired) electrons. The maximum Gasteiger partial charge on any atom is 0.225 e. The van der Waals surface area contributed by atoms with Crippen LogP contribution in [0.25, 0.3) is 10.2 Å². The highest BCUT2D eigenvalue weighted by atomic mass is 32.2. The molecule has 0 bridgehead atoms. The van der Waals surface area contributed by atoms with Crippen molar-refractivity contribution in [3.8, 4) is 0 Å². The predicted molar refractivity (Wildman–Crippen MR) is 79.9 cm³/mol. The Bertz CT molecular complexity index is 681. The summed E-state index contributed by atoms with van der Waals surface area (Å²) in [5.41, 5.74) is 0. The third kappa shape index (κ3) is 2.69. The highest BCUT2D eigenvalue weighted by Gasteiger charge is 2.09. The highest BCUT2D eigenvalue weighted by Crippen LogP contribution is 2.33. The Hall–Kier alpha value is -1.66. The van der Waals surface area contributed by atoms with Gasteiger partial charge < -0.3 is 5.32 Å². The minimum Gasteiger partial charge on any atom is -0.354 e. The zero-order valence-corrected chi connectivity index (χ0v) is 12.0. The van der Waals surface area contributed by atoms with Crippen molar-refractivity contribution in [1.29, 1.82) is 0 Å². The summed E-state index contributed by atoms with van der Waals surface area (Å²) in [6.07, 6.45) is 3.58. The molecule has 0 spiro atoms. The number of nitrogens with one attached hydrogen (secondary N) is 1. The molecule has 96 valence electrons. The number of pyridine rings is 1. The van der Waals surface area contributed by atoms with E-state index in [1.165, 1.54) is 0 Å². The van der Waals surface area contributed by atoms with Crippen molar-refractivity contribution in [1.82, 2.24) is 15.0 Å². The van der Waals surface area contributed by atoms with Crippen LogP contribution in [0.1, 0.15) is 6.92 Å². The van der Waals surface area contributed by atoms with Crippen LogP contribution in [0.5, 0.6) is 0 Å². The molecule has 0 saturated heterocycles. The molecule has 19 heavy (non-hydrogen) atoms. The van der Waals surface area contributed by atoms with Crippen LogP contribution in [0.15, 0.2) is 45.9 Å². The minimum absolute atomic E-state index is 0.689. The summed E-state index contributed by atoms with van der Waals surface area (Å²) < 4.78 is 0. The molecule has 0 aromatic carbocycles. The van der Waals surface area contributed by atoms with Crippen molar-refractivity contribution in [2.45, 2.75) is 16.8 Å². The Morgan fingerprint density at radius 3 is 2.84 bits per heavy atom. The van der Waals surface area contributed by atoms with Crippen LogP contribution in [0, 0.1) is 0 Å². The number of nitrogens with zero attached hydrogens (tertiary/aromatic N) is 3. The zero-order chi connectivity index (χ0) is 13.1. The molecular formula is C13H12N4S2. The second-order valence-corrected chi connectivity index (χ2v) is 5.76. The predicted octanol–water partition coefficient (Wildman–Crippen LogP) is 3.67. The van der Waals surface area contributed by atoms with E-state index in [4.69, 9.17) is 0 Å². The average molecular weight is 288 g/mol. The largest absolute Gasteiger partial charge is 0.354 e. The van der Waals surface area contributed by atoms with Crippen molar-refractivity contribution in [2.75, 3.05) is 11.9 Å². The Kier molecular flexibility index (Phi) is 3.61. The Labute approximate surface area is 119 Å². The van der Waals surface area contributed by atoms with Gasteiger partial charge in [0.15, 0.2) is 0 Å². The van der Waals surface area contributed by atoms with Crippen LogP contribution >= 0.6 is 23.1 Å². The number of rotatable bonds is 4. The van der Waals surface area contributed by atoms with E-state index in [-0.39, 0.29) is 0 Å². The molecule has 0 aliphatic rings. The molecule has 4 nitrogen and oxygen atoms in total. The van der Waals surface area contributed by atoms with Gasteiger partial charge >= 0.3 is 0 Å². The molecular weight excluding hydrogens is 276 g/mol. The molecule has 6 heteroatoms. The molecule has 0 aliphatic heterocycles. The molecule has 3 aromatic heterocycles. The number of anilines is 1. The molecule has 0 atom stereocenters. The third-order valence-corrected chi connectivity index (χ3v) is 4.31. The fraction of sp³-hybridized carbons (Fsp3) is 0.154. The molecule has 0 unspecified atom stereocenters. The average Bonchev–Trinajstić information content (AvgIpc) is 2.89. The van der Waals surface area contributed by atoms with Gasteiger partial charge in [-0.3, -0.25) is 4.98 Å². The topological polar surface area (TPSA) is 50.7 Å². The maximum atomic E-state index is 4.59. The first-order valence-corrected chi connectivity index (χ1v) is 7.63. The van der Waals surface area contributed by atoms with E-state index in [1.807, 2.05) is 24.4 Å². The first-order valence-electron chi connectivity index (χ1n) is 5.94. The Morgan fingerprint density at radius 1 is 1.21 bits per heavy atom. The van der Waals surface area contributed by atoms with Gasteiger partial charge in [0.25, 0.3) is 0 Å². The zero-order valence-electron chi connectivity index (χ0n) is 10.3. The summed E-state index contributed by atoms with van der Waals surface area (Å²) in [7, 11) is 0. The van der Waals surface area contributed by atoms with Gasteiger partial charge in [0, 0.05) is 29.2 Å². The van der Waals surface area contributed by atoms with E-state index in [2.05, 4.69) is 26.3 Å². The number of hydrogen-bond donors (Lipinski definition) is 1. The van der Waals surface area contributed by atoms with Crippen LogP contribution < -0.4 is 5.32 Å². The van der Waals surface area contributed by atoms with Crippen LogP contribution in [0.4, 0.5) is 5.95 Å². The second-order valence-electron chi connectivity index (χ2n) is 3.81. The van der Waals surface area contributed by atoms with Crippen LogP contribution in [0.3, 0.4) is 0 Å². The van der Waals surface area contributed by atoms with Gasteiger partial charge in [0.1, 0.15) is 9.86 Å². The van der Waals surface area contributed by atoms with Crippen LogP contribution in [0.2, 0.25) is 0 Å². The van der Waals surface area contributed by atoms with Gasteiger partial charge in [0.2, 0.25) is 5.95 Å². The number of thiophene rings is 1. The van der Waals surface area contributed by atoms with Crippen molar-refractivity contribution in [3.63, 3.8) is 0 Å². The van der Waals surface area contributed by atoms with Crippen molar-refractivity contribution in [3.05, 3.63) is 36.0 Å². The van der Waals surface area contributed by atoms with Gasteiger partial charge in [-0.1, -0.05) is 11.8 Å². The molecule has 3 heterocycles. The van der Waals surface area contributed by atoms with Crippen molar-refractivity contribution >= 4 is 39.3 Å². The summed E-state index contributed by atoms with van der Waals surface area (Å²) in [5.74, 6) is 0.689. The summed E-state index contributed by atoms with van der Waals surface area (Å²) in [4.78, 5) is 15.3. The lowest BCUT2D eigenvalue weighted by Crippen LogP contribution is -2.02. The summed E-state index contributed by atoms with van der Waals surface area (Å²) in [5, 5.41) is 7.31. The summed E-state index contributed by atoms with van der Waals surface area (Å²) in [6, 6.07) is 6.04. The Balaban J connectivity index is 2.03. The molecule has 3 rings (SSSR count). The fourth-order valence-corrected chi connectivity index (χ4v) is 3.38. The maximum absolute atomic E-state index is 4.59. The standard InChI is InChI=1S/C13H12N4S2/c1-2-15-13-16-11-10(5-8-18-11)12(17-13)19-9-3-6-14-7-4-9/h3-8H,2H2,1H3,(H,15,16,17). The van der Waals surface area contributed by atoms with Crippen LogP contribution in [-0.2, 0) is 0 Å². The molecule has 1 N–H and O–H groups in total. The van der Waals surface area contributed by atoms with Crippen molar-refractivity contribution < 1.29 is 0 Å². The van der Waals surface area contributed by atoms with Crippen LogP contribution in [-0.4, -0.2) is 21.5 Å². The number of hydrogen-bond acceptors (Lipinski definition) is 6. The molecule has 3 aromatic rings. The fourth-order valence-electron chi connectivity index (χ4n) is 1.66. The SMILES string of the molecule is CCNc1nc(Sc2ccncc2)c2ccsc2n1. The third-order valence-electron chi connectivity index (χ3n) is 2.49. The molecule has 0 saturated carbocycles. The van der Waals surface area contributed by atoms with Gasteiger partial charge in [0.05, 0.1) is 0 Å². The number of fused-ring (bicyclic) bond motifs is 1. The van der Waals surface area contributed by atoms with E-state index >= 15 is 0 Å². The normalized spacial score (nSPS) is 10.8. The molecule has 0 aliphatic carbocycles. The highest BCUT2D eigenvalue weighted by molar-refractivity contribution is 7.99. The first-order chi connectivity index (χ1) is 9.36. The van der Waals surface area contributed by atoms with E-state index in [9.17, 15) is 0 Å². The van der Waals surface area contributed by atoms with Gasteiger partial charge in [-0.15, -0.1) is 11.3 Å². The molecule has 0 fully saturated rings. The van der Waals surface area contributed by atoms with E-state index in [0.717, 1.165) is 26.7 Å². The monoisotopic (exact) mass is 288 g/mol. The van der Waals surface area contributed by atoms with Gasteiger partial charge in [-0.2, -0.15) is 0 Å². The van der Waals surface area contributed by atoms with E-state index < -0.39 is 0 Å². The first kappa shape index (κ1) is 12.4. The molecule has 0 amide bonds. The van der Waals surface area contributed by atoms with E-state index in [0.29, 0.717) is 5.95 Å². The minimum atomic E-state index is 0.689. The summed E-state index contributed by atoms with van der Waals surface area (Å²) in [6.45, 7) is 2.86. The quantitative estimate of drug-likeness (QED) is 0.742. The lowest BCUT2D eigenvalue weighted by atomic mass is 10.4. The van der Waals surface area contributed by atoms with Gasteiger partial charge in [-0.05, 0) is 30.5 Å². The van der Waals surface area contributed by atoms with E-state index in [1.54, 1.807) is 35.5 Å². The summed E-state index contributed by atoms with van der Waals surface area (Å²) >= 11 is 3.27. The van der Waals surface area contributed by atoms with Gasteiger partial charge in [-0.25, -0.2) is 9.97 Å². The smallest absolute Gasteiger partial charge is 0.225 e. The lowest BCUT2D eigenvalue weighted by Gasteiger charge is -2.06. The number of aromatic nitrogens is 3.